The zero-order chi connectivity index (χ0) is 0. The third kappa shape index (κ3) is 8.84. The summed E-state index contributed by atoms with van der Waals surface area (Å²) in [7, 11) is 0. The van der Waals surface area contributed by atoms with Gasteiger partial charge in [0.2, 0.25) is 0 Å². The Kier molecular flexibility index (Phi) is 124. The molecule has 0 bridgehead atoms. The summed E-state index contributed by atoms with van der Waals surface area (Å²) in [6.07, 6.45) is 0. The zero-order valence-corrected chi connectivity index (χ0v) is 5.10. The predicted molar refractivity (Wildman–Crippen MR) is 19.9 cm³/mol. The summed E-state index contributed by atoms with van der Waals surface area (Å²) >= 11 is 0. The molecule has 0 saturated carbocycles. The average Bonchev–Trinajstić information content (AvgIpc) is 0. The Morgan fingerprint density at radius 2 is 1.00 bits per heavy atom. The van der Waals surface area contributed by atoms with Gasteiger partial charge in [0.05, 0.1) is 0 Å². The fourth-order valence-electron chi connectivity index (χ4n) is 0. The summed E-state index contributed by atoms with van der Waals surface area (Å²) in [6.45, 7) is 0. The molecule has 21 valence electrons. The minimum atomic E-state index is 0. The van der Waals surface area contributed by atoms with Gasteiger partial charge in [-0.3, -0.25) is 0 Å². The van der Waals surface area contributed by atoms with Crippen molar-refractivity contribution >= 4 is 37.2 Å². The van der Waals surface area contributed by atoms with Crippen LogP contribution in [-0.2, 0) is 50.1 Å². The summed E-state index contributed by atoms with van der Waals surface area (Å²) in [4.78, 5) is 0. The van der Waals surface area contributed by atoms with Crippen LogP contribution >= 0.6 is 0 Å². The summed E-state index contributed by atoms with van der Waals surface area (Å²) < 4.78 is 0. The smallest absolute Gasteiger partial charge is 0 e. The van der Waals surface area contributed by atoms with Gasteiger partial charge in [-0.2, -0.15) is 0 Å². The first kappa shape index (κ1) is 29.1. The zero-order valence-electron chi connectivity index (χ0n) is 0.986. The molecular formula is H6AlCrGaY. The summed E-state index contributed by atoms with van der Waals surface area (Å²) in [5, 5.41) is 0. The Balaban J connectivity index is 0. The third-order valence-corrected chi connectivity index (χ3v) is 0. The van der Waals surface area contributed by atoms with Crippen LogP contribution in [0.5, 0.6) is 0 Å². The number of hydrogen-bond acceptors (Lipinski definition) is 0. The van der Waals surface area contributed by atoms with Gasteiger partial charge in [-0.15, -0.1) is 0 Å². The molecule has 0 fully saturated rings. The van der Waals surface area contributed by atoms with E-state index in [2.05, 4.69) is 0 Å². The van der Waals surface area contributed by atoms with Crippen molar-refractivity contribution in [3.05, 3.63) is 0 Å². The molecule has 0 aromatic carbocycles. The normalized spacial score (nSPS) is 0. The molecule has 4 heavy (non-hydrogen) atoms. The first-order valence-electron chi connectivity index (χ1n) is 0. The van der Waals surface area contributed by atoms with Gasteiger partial charge in [-0.25, -0.2) is 0 Å². The van der Waals surface area contributed by atoms with E-state index < -0.39 is 0 Å². The molecule has 0 saturated heterocycles. The van der Waals surface area contributed by atoms with Crippen molar-refractivity contribution in [3.8, 4) is 0 Å². The van der Waals surface area contributed by atoms with Crippen LogP contribution in [0.15, 0.2) is 0 Å². The Hall–Kier alpha value is 2.81. The van der Waals surface area contributed by atoms with Crippen molar-refractivity contribution in [1.82, 2.24) is 0 Å². The monoisotopic (exact) mass is 243 g/mol. The van der Waals surface area contributed by atoms with Crippen LogP contribution in [0.2, 0.25) is 0 Å². The van der Waals surface area contributed by atoms with Crippen molar-refractivity contribution in [1.29, 1.82) is 0 Å². The van der Waals surface area contributed by atoms with E-state index in [0.29, 0.717) is 0 Å². The molecule has 0 aliphatic heterocycles. The van der Waals surface area contributed by atoms with Crippen LogP contribution in [0.1, 0.15) is 0 Å². The fraction of sp³-hybridized carbons (Fsp3) is 0. The van der Waals surface area contributed by atoms with E-state index in [4.69, 9.17) is 0 Å². The minimum Gasteiger partial charge on any atom is 0 e. The molecule has 0 aliphatic carbocycles. The van der Waals surface area contributed by atoms with Crippen molar-refractivity contribution < 1.29 is 50.1 Å². The van der Waals surface area contributed by atoms with Gasteiger partial charge >= 0.3 is 19.8 Å². The van der Waals surface area contributed by atoms with E-state index in [-0.39, 0.29) is 87.2 Å². The maximum absolute atomic E-state index is 0. The fourth-order valence-corrected chi connectivity index (χ4v) is 0. The molecule has 0 aromatic rings. The largest absolute Gasteiger partial charge is 0 e. The molecule has 4 heteroatoms. The Bertz CT molecular complexity index is 8.00. The molecule has 0 nitrogen and oxygen atoms in total. The summed E-state index contributed by atoms with van der Waals surface area (Å²) in [5.41, 5.74) is 0. The minimum absolute atomic E-state index is 0. The molecule has 0 aliphatic rings. The molecule has 0 spiro atoms. The second-order valence-electron chi connectivity index (χ2n) is 0. The van der Waals surface area contributed by atoms with E-state index in [9.17, 15) is 0 Å². The van der Waals surface area contributed by atoms with Crippen LogP contribution in [0.4, 0.5) is 0 Å². The SMILES string of the molecule is [AlH3].[Cr].[GaH3].[Y]. The first-order valence-corrected chi connectivity index (χ1v) is 0. The molecule has 0 atom stereocenters. The Labute approximate surface area is 85.7 Å². The van der Waals surface area contributed by atoms with Crippen molar-refractivity contribution in [2.75, 3.05) is 0 Å². The standard InChI is InChI=1S/Al.Cr.Ga.Y.6H. The van der Waals surface area contributed by atoms with Gasteiger partial charge < -0.3 is 0 Å². The Morgan fingerprint density at radius 3 is 1.00 bits per heavy atom. The van der Waals surface area contributed by atoms with E-state index in [0.717, 1.165) is 0 Å². The van der Waals surface area contributed by atoms with Gasteiger partial charge in [0.25, 0.3) is 0 Å². The van der Waals surface area contributed by atoms with E-state index >= 15 is 0 Å². The quantitative estimate of drug-likeness (QED) is 0.417. The number of rotatable bonds is 0. The molecule has 0 heterocycles. The van der Waals surface area contributed by atoms with Crippen LogP contribution in [0.25, 0.3) is 0 Å². The molecule has 1 radical (unpaired) electrons. The molecule has 0 unspecified atom stereocenters. The van der Waals surface area contributed by atoms with E-state index in [1.807, 2.05) is 0 Å². The maximum Gasteiger partial charge on any atom is 0 e. The van der Waals surface area contributed by atoms with Crippen molar-refractivity contribution in [2.45, 2.75) is 0 Å². The molecule has 0 rings (SSSR count). The molecule has 0 aromatic heterocycles. The average molecular weight is 244 g/mol. The third-order valence-electron chi connectivity index (χ3n) is 0. The summed E-state index contributed by atoms with van der Waals surface area (Å²) in [6, 6.07) is 0. The maximum atomic E-state index is 0. The Morgan fingerprint density at radius 1 is 1.00 bits per heavy atom. The first-order chi connectivity index (χ1) is 0. The van der Waals surface area contributed by atoms with Crippen molar-refractivity contribution in [2.24, 2.45) is 0 Å². The van der Waals surface area contributed by atoms with Gasteiger partial charge in [0.15, 0.2) is 17.4 Å². The van der Waals surface area contributed by atoms with Gasteiger partial charge in [0.1, 0.15) is 0 Å². The molecule has 0 amide bonds. The van der Waals surface area contributed by atoms with E-state index in [1.165, 1.54) is 0 Å². The van der Waals surface area contributed by atoms with Crippen LogP contribution in [-0.4, -0.2) is 37.2 Å². The molecular weight excluding hydrogens is 238 g/mol. The van der Waals surface area contributed by atoms with Gasteiger partial charge in [-0.05, 0) is 0 Å². The predicted octanol–water partition coefficient (Wildman–Crippen LogP) is -2.37. The van der Waals surface area contributed by atoms with Crippen LogP contribution in [0, 0.1) is 0 Å². The van der Waals surface area contributed by atoms with Crippen molar-refractivity contribution in [3.63, 3.8) is 0 Å². The topological polar surface area (TPSA) is 0 Å². The molecule has 0 N–H and O–H groups in total. The number of hydrogen-bond donors (Lipinski definition) is 0. The summed E-state index contributed by atoms with van der Waals surface area (Å²) in [5.74, 6) is 0. The second-order valence-corrected chi connectivity index (χ2v) is 0. The van der Waals surface area contributed by atoms with E-state index in [1.54, 1.807) is 0 Å². The van der Waals surface area contributed by atoms with Gasteiger partial charge in [0, 0.05) is 50.1 Å². The second kappa shape index (κ2) is 17.0. The van der Waals surface area contributed by atoms with Crippen LogP contribution in [0.3, 0.4) is 0 Å². The van der Waals surface area contributed by atoms with Gasteiger partial charge in [-0.1, -0.05) is 0 Å². The van der Waals surface area contributed by atoms with Crippen LogP contribution < -0.4 is 0 Å².